The van der Waals surface area contributed by atoms with Crippen LogP contribution in [0, 0.1) is 0 Å². The number of nitrogen functional groups attached to an aromatic ring is 1. The molecular weight excluding hydrogens is 238 g/mol. The van der Waals surface area contributed by atoms with Crippen molar-refractivity contribution in [1.82, 2.24) is 0 Å². The summed E-state index contributed by atoms with van der Waals surface area (Å²) in [4.78, 5) is 0. The van der Waals surface area contributed by atoms with E-state index in [0.29, 0.717) is 9.76 Å². The van der Waals surface area contributed by atoms with Crippen LogP contribution in [-0.4, -0.2) is 9.76 Å². The number of nitrogens with two attached hydrogens (primary N) is 1. The summed E-state index contributed by atoms with van der Waals surface area (Å²) in [6.45, 7) is 4.12. The van der Waals surface area contributed by atoms with Gasteiger partial charge in [0.1, 0.15) is 0 Å². The first-order chi connectivity index (χ1) is 8.74. The Kier molecular flexibility index (Phi) is 4.18. The number of benzene rings is 2. The van der Waals surface area contributed by atoms with Crippen molar-refractivity contribution in [2.24, 2.45) is 0 Å². The molecule has 2 aromatic rings. The normalized spacial score (nSPS) is 12.3. The molecule has 2 nitrogen and oxygen atoms in total. The van der Waals surface area contributed by atoms with E-state index in [-0.39, 0.29) is 6.10 Å². The van der Waals surface area contributed by atoms with Gasteiger partial charge in [-0.05, 0) is 30.7 Å². The minimum atomic E-state index is 0.0872. The Morgan fingerprint density at radius 1 is 1.00 bits per heavy atom. The monoisotopic (exact) mass is 255 g/mol. The summed E-state index contributed by atoms with van der Waals surface area (Å²) in [6.07, 6.45) is 0.0872. The van der Waals surface area contributed by atoms with Gasteiger partial charge in [0.15, 0.2) is 0 Å². The number of hydrogen-bond acceptors (Lipinski definition) is 2. The van der Waals surface area contributed by atoms with E-state index in [1.165, 1.54) is 5.56 Å². The number of rotatable bonds is 4. The minimum Gasteiger partial charge on any atom is -0.411 e. The molecule has 2 radical (unpaired) electrons. The first-order valence-electron chi connectivity index (χ1n) is 6.00. The topological polar surface area (TPSA) is 35.2 Å². The molecule has 0 aromatic heterocycles. The third kappa shape index (κ3) is 2.63. The van der Waals surface area contributed by atoms with Crippen LogP contribution in [0.1, 0.15) is 18.6 Å². The Labute approximate surface area is 111 Å². The van der Waals surface area contributed by atoms with Gasteiger partial charge in [0, 0.05) is 11.3 Å². The van der Waals surface area contributed by atoms with Gasteiger partial charge in [0.2, 0.25) is 9.76 Å². The standard InChI is InChI=1S/C15H17NOSi/c1-11(17-18-2)12-7-3-4-8-13(12)14-9-5-6-10-15(14)16/h3-11H,16H2,1-2H3. The predicted molar refractivity (Wildman–Crippen MR) is 77.4 cm³/mol. The summed E-state index contributed by atoms with van der Waals surface area (Å²) < 4.78 is 5.72. The second-order valence-corrected chi connectivity index (χ2v) is 4.78. The second-order valence-electron chi connectivity index (χ2n) is 4.14. The highest BCUT2D eigenvalue weighted by Gasteiger charge is 2.12. The predicted octanol–water partition coefficient (Wildman–Crippen LogP) is 3.68. The van der Waals surface area contributed by atoms with Gasteiger partial charge >= 0.3 is 0 Å². The number of anilines is 1. The maximum absolute atomic E-state index is 6.06. The van der Waals surface area contributed by atoms with Gasteiger partial charge in [-0.3, -0.25) is 0 Å². The zero-order valence-electron chi connectivity index (χ0n) is 10.7. The Morgan fingerprint density at radius 3 is 2.28 bits per heavy atom. The Balaban J connectivity index is 2.48. The fourth-order valence-electron chi connectivity index (χ4n) is 2.08. The molecule has 2 rings (SSSR count). The van der Waals surface area contributed by atoms with Gasteiger partial charge < -0.3 is 10.2 Å². The van der Waals surface area contributed by atoms with Crippen molar-refractivity contribution < 1.29 is 4.43 Å². The first kappa shape index (κ1) is 12.9. The van der Waals surface area contributed by atoms with Crippen molar-refractivity contribution in [3.05, 3.63) is 54.1 Å². The van der Waals surface area contributed by atoms with Gasteiger partial charge in [0.05, 0.1) is 6.10 Å². The summed E-state index contributed by atoms with van der Waals surface area (Å²) in [6, 6.07) is 16.2. The molecule has 0 heterocycles. The van der Waals surface area contributed by atoms with Crippen LogP contribution in [0.25, 0.3) is 11.1 Å². The third-order valence-corrected chi connectivity index (χ3v) is 3.53. The molecule has 18 heavy (non-hydrogen) atoms. The van der Waals surface area contributed by atoms with Crippen molar-refractivity contribution in [2.45, 2.75) is 19.6 Å². The molecule has 0 bridgehead atoms. The Morgan fingerprint density at radius 2 is 1.61 bits per heavy atom. The fraction of sp³-hybridized carbons (Fsp3) is 0.200. The van der Waals surface area contributed by atoms with Crippen LogP contribution in [0.4, 0.5) is 5.69 Å². The van der Waals surface area contributed by atoms with Gasteiger partial charge in [-0.1, -0.05) is 42.5 Å². The molecule has 3 heteroatoms. The van der Waals surface area contributed by atoms with E-state index in [2.05, 4.69) is 25.1 Å². The van der Waals surface area contributed by atoms with E-state index in [1.54, 1.807) is 0 Å². The van der Waals surface area contributed by atoms with Crippen LogP contribution in [0.5, 0.6) is 0 Å². The van der Waals surface area contributed by atoms with E-state index < -0.39 is 0 Å². The van der Waals surface area contributed by atoms with E-state index in [4.69, 9.17) is 10.2 Å². The van der Waals surface area contributed by atoms with Crippen LogP contribution in [-0.2, 0) is 4.43 Å². The molecule has 1 atom stereocenters. The molecule has 2 aromatic carbocycles. The average Bonchev–Trinajstić information content (AvgIpc) is 2.40. The van der Waals surface area contributed by atoms with Crippen LogP contribution < -0.4 is 5.73 Å². The summed E-state index contributed by atoms with van der Waals surface area (Å²) in [7, 11) is 0.484. The second kappa shape index (κ2) is 5.84. The molecule has 0 aliphatic rings. The van der Waals surface area contributed by atoms with Gasteiger partial charge in [-0.25, -0.2) is 0 Å². The van der Waals surface area contributed by atoms with Crippen LogP contribution in [0.15, 0.2) is 48.5 Å². The van der Waals surface area contributed by atoms with Crippen molar-refractivity contribution in [1.29, 1.82) is 0 Å². The maximum Gasteiger partial charge on any atom is 0.227 e. The van der Waals surface area contributed by atoms with E-state index in [9.17, 15) is 0 Å². The quantitative estimate of drug-likeness (QED) is 0.668. The summed E-state index contributed by atoms with van der Waals surface area (Å²) in [5, 5.41) is 0. The zero-order valence-corrected chi connectivity index (χ0v) is 11.7. The van der Waals surface area contributed by atoms with Crippen molar-refractivity contribution >= 4 is 15.5 Å². The van der Waals surface area contributed by atoms with Crippen LogP contribution in [0.2, 0.25) is 6.55 Å². The maximum atomic E-state index is 6.06. The molecule has 0 aliphatic heterocycles. The molecule has 0 amide bonds. The fourth-order valence-corrected chi connectivity index (χ4v) is 2.56. The van der Waals surface area contributed by atoms with Gasteiger partial charge in [-0.15, -0.1) is 0 Å². The molecule has 0 fully saturated rings. The molecule has 0 saturated heterocycles. The van der Waals surface area contributed by atoms with E-state index >= 15 is 0 Å². The van der Waals surface area contributed by atoms with Crippen LogP contribution >= 0.6 is 0 Å². The lowest BCUT2D eigenvalue weighted by molar-refractivity contribution is 0.242. The largest absolute Gasteiger partial charge is 0.411 e. The first-order valence-corrected chi connectivity index (χ1v) is 7.41. The molecule has 0 spiro atoms. The molecule has 0 aliphatic carbocycles. The van der Waals surface area contributed by atoms with Crippen molar-refractivity contribution in [2.75, 3.05) is 5.73 Å². The molecule has 1 unspecified atom stereocenters. The highest BCUT2D eigenvalue weighted by molar-refractivity contribution is 6.24. The number of hydrogen-bond donors (Lipinski definition) is 1. The van der Waals surface area contributed by atoms with Gasteiger partial charge in [0.25, 0.3) is 0 Å². The van der Waals surface area contributed by atoms with Gasteiger partial charge in [-0.2, -0.15) is 0 Å². The Hall–Kier alpha value is -1.58. The molecular formula is C15H17NOSi. The summed E-state index contributed by atoms with van der Waals surface area (Å²) >= 11 is 0. The lowest BCUT2D eigenvalue weighted by Crippen LogP contribution is -2.04. The molecule has 0 saturated carbocycles. The molecule has 92 valence electrons. The lowest BCUT2D eigenvalue weighted by atomic mass is 9.96. The highest BCUT2D eigenvalue weighted by atomic mass is 28.2. The summed E-state index contributed by atoms with van der Waals surface area (Å²) in [5.41, 5.74) is 10.3. The van der Waals surface area contributed by atoms with Crippen LogP contribution in [0.3, 0.4) is 0 Å². The molecule has 2 N–H and O–H groups in total. The smallest absolute Gasteiger partial charge is 0.227 e. The Bertz CT molecular complexity index is 527. The zero-order chi connectivity index (χ0) is 13.0. The van der Waals surface area contributed by atoms with E-state index in [0.717, 1.165) is 16.8 Å². The third-order valence-electron chi connectivity index (χ3n) is 2.94. The number of para-hydroxylation sites is 1. The SMILES string of the molecule is C[Si]OC(C)c1ccccc1-c1ccccc1N. The lowest BCUT2D eigenvalue weighted by Gasteiger charge is -2.17. The highest BCUT2D eigenvalue weighted by Crippen LogP contribution is 2.32. The van der Waals surface area contributed by atoms with Crippen molar-refractivity contribution in [3.63, 3.8) is 0 Å². The average molecular weight is 255 g/mol. The van der Waals surface area contributed by atoms with E-state index in [1.807, 2.05) is 36.9 Å². The minimum absolute atomic E-state index is 0.0872. The van der Waals surface area contributed by atoms with Crippen molar-refractivity contribution in [3.8, 4) is 11.1 Å². The summed E-state index contributed by atoms with van der Waals surface area (Å²) in [5.74, 6) is 0.